The summed E-state index contributed by atoms with van der Waals surface area (Å²) < 4.78 is 16.8. The van der Waals surface area contributed by atoms with Gasteiger partial charge in [0.25, 0.3) is 5.95 Å². The second-order valence-corrected chi connectivity index (χ2v) is 6.15. The van der Waals surface area contributed by atoms with Gasteiger partial charge in [-0.3, -0.25) is 0 Å². The SMILES string of the molecule is Fc1ccccc1C1=Nc2nnnn2C(c2ccc(Br)cc2)C1. The average molecular weight is 372 g/mol. The predicted octanol–water partition coefficient (Wildman–Crippen LogP) is 3.69. The van der Waals surface area contributed by atoms with Crippen molar-refractivity contribution in [3.05, 3.63) is 69.9 Å². The molecule has 1 aliphatic heterocycles. The third kappa shape index (κ3) is 2.57. The molecule has 0 radical (unpaired) electrons. The fraction of sp³-hybridized carbons (Fsp3) is 0.125. The van der Waals surface area contributed by atoms with Crippen molar-refractivity contribution in [2.45, 2.75) is 12.5 Å². The highest BCUT2D eigenvalue weighted by atomic mass is 79.9. The minimum absolute atomic E-state index is 0.111. The number of aromatic nitrogens is 4. The van der Waals surface area contributed by atoms with Gasteiger partial charge < -0.3 is 0 Å². The monoisotopic (exact) mass is 371 g/mol. The van der Waals surface area contributed by atoms with Crippen LogP contribution in [0.1, 0.15) is 23.6 Å². The molecule has 0 bridgehead atoms. The third-order valence-electron chi connectivity index (χ3n) is 3.83. The van der Waals surface area contributed by atoms with Gasteiger partial charge in [0.05, 0.1) is 11.8 Å². The fourth-order valence-electron chi connectivity index (χ4n) is 2.71. The molecule has 0 fully saturated rings. The summed E-state index contributed by atoms with van der Waals surface area (Å²) in [6.07, 6.45) is 0.528. The van der Waals surface area contributed by atoms with Gasteiger partial charge in [0.2, 0.25) is 0 Å². The molecule has 7 heteroatoms. The van der Waals surface area contributed by atoms with Crippen LogP contribution in [0.25, 0.3) is 0 Å². The Morgan fingerprint density at radius 1 is 1.09 bits per heavy atom. The normalized spacial score (nSPS) is 16.8. The molecule has 2 aromatic carbocycles. The zero-order valence-corrected chi connectivity index (χ0v) is 13.5. The topological polar surface area (TPSA) is 56.0 Å². The van der Waals surface area contributed by atoms with Crippen LogP contribution < -0.4 is 0 Å². The molecule has 2 heterocycles. The molecule has 114 valence electrons. The molecule has 0 N–H and O–H groups in total. The zero-order chi connectivity index (χ0) is 15.8. The first-order valence-electron chi connectivity index (χ1n) is 7.08. The van der Waals surface area contributed by atoms with Gasteiger partial charge in [0.15, 0.2) is 0 Å². The molecule has 1 aromatic heterocycles. The summed E-state index contributed by atoms with van der Waals surface area (Å²) in [5.74, 6) is 0.101. The second-order valence-electron chi connectivity index (χ2n) is 5.23. The Kier molecular flexibility index (Phi) is 3.49. The van der Waals surface area contributed by atoms with Gasteiger partial charge in [-0.15, -0.1) is 0 Å². The first-order valence-corrected chi connectivity index (χ1v) is 7.87. The number of tetrazole rings is 1. The van der Waals surface area contributed by atoms with E-state index in [1.165, 1.54) is 6.07 Å². The third-order valence-corrected chi connectivity index (χ3v) is 4.36. The van der Waals surface area contributed by atoms with Crippen molar-refractivity contribution in [3.63, 3.8) is 0 Å². The summed E-state index contributed by atoms with van der Waals surface area (Å²) in [5, 5.41) is 11.7. The first kappa shape index (κ1) is 14.2. The van der Waals surface area contributed by atoms with E-state index in [9.17, 15) is 4.39 Å². The molecule has 0 spiro atoms. The van der Waals surface area contributed by atoms with Crippen LogP contribution in [0.15, 0.2) is 58.0 Å². The molecule has 0 saturated carbocycles. The number of hydrogen-bond donors (Lipinski definition) is 0. The Morgan fingerprint density at radius 2 is 1.87 bits per heavy atom. The second kappa shape index (κ2) is 5.66. The van der Waals surface area contributed by atoms with E-state index in [1.807, 2.05) is 24.3 Å². The van der Waals surface area contributed by atoms with Crippen LogP contribution >= 0.6 is 15.9 Å². The number of benzene rings is 2. The molecular formula is C16H11BrFN5. The zero-order valence-electron chi connectivity index (χ0n) is 11.9. The van der Waals surface area contributed by atoms with Crippen LogP contribution in [-0.4, -0.2) is 25.9 Å². The number of hydrogen-bond acceptors (Lipinski definition) is 4. The molecule has 0 aliphatic carbocycles. The lowest BCUT2D eigenvalue weighted by Crippen LogP contribution is -2.22. The molecule has 0 saturated heterocycles. The van der Waals surface area contributed by atoms with Crippen LogP contribution in [0.2, 0.25) is 0 Å². The summed E-state index contributed by atoms with van der Waals surface area (Å²) in [4.78, 5) is 4.42. The fourth-order valence-corrected chi connectivity index (χ4v) is 2.97. The number of nitrogens with zero attached hydrogens (tertiary/aromatic N) is 5. The average Bonchev–Trinajstić information content (AvgIpc) is 3.04. The van der Waals surface area contributed by atoms with E-state index in [0.717, 1.165) is 10.0 Å². The Labute approximate surface area is 140 Å². The Bertz CT molecular complexity index is 887. The Morgan fingerprint density at radius 3 is 2.65 bits per heavy atom. The van der Waals surface area contributed by atoms with E-state index in [4.69, 9.17) is 0 Å². The predicted molar refractivity (Wildman–Crippen MR) is 87.3 cm³/mol. The van der Waals surface area contributed by atoms with E-state index >= 15 is 0 Å². The van der Waals surface area contributed by atoms with Crippen molar-refractivity contribution in [1.29, 1.82) is 0 Å². The minimum atomic E-state index is -0.290. The lowest BCUT2D eigenvalue weighted by molar-refractivity contribution is 0.513. The number of halogens is 2. The quantitative estimate of drug-likeness (QED) is 0.690. The van der Waals surface area contributed by atoms with Gasteiger partial charge in [0, 0.05) is 16.5 Å². The van der Waals surface area contributed by atoms with E-state index < -0.39 is 0 Å². The van der Waals surface area contributed by atoms with Crippen LogP contribution in [0.4, 0.5) is 10.3 Å². The number of fused-ring (bicyclic) bond motifs is 1. The van der Waals surface area contributed by atoms with Gasteiger partial charge >= 0.3 is 0 Å². The maximum absolute atomic E-state index is 14.1. The molecule has 0 amide bonds. The van der Waals surface area contributed by atoms with Crippen LogP contribution in [-0.2, 0) is 0 Å². The van der Waals surface area contributed by atoms with Crippen LogP contribution in [0, 0.1) is 5.82 Å². The molecule has 23 heavy (non-hydrogen) atoms. The summed E-state index contributed by atoms with van der Waals surface area (Å²) >= 11 is 3.43. The summed E-state index contributed by atoms with van der Waals surface area (Å²) in [6.45, 7) is 0. The highest BCUT2D eigenvalue weighted by Gasteiger charge is 2.27. The highest BCUT2D eigenvalue weighted by molar-refractivity contribution is 9.10. The molecule has 4 rings (SSSR count). The first-order chi connectivity index (χ1) is 11.2. The number of rotatable bonds is 2. The maximum Gasteiger partial charge on any atom is 0.269 e. The summed E-state index contributed by atoms with van der Waals surface area (Å²) in [7, 11) is 0. The molecule has 1 aliphatic rings. The van der Waals surface area contributed by atoms with Gasteiger partial charge in [-0.05, 0) is 34.2 Å². The van der Waals surface area contributed by atoms with E-state index in [-0.39, 0.29) is 11.9 Å². The van der Waals surface area contributed by atoms with Gasteiger partial charge in [0.1, 0.15) is 5.82 Å². The molecule has 3 aromatic rings. The Balaban J connectivity index is 1.81. The highest BCUT2D eigenvalue weighted by Crippen LogP contribution is 2.32. The Hall–Kier alpha value is -2.41. The standard InChI is InChI=1S/C16H11BrFN5/c17-11-7-5-10(6-8-11)15-9-14(12-3-1-2-4-13(12)18)19-16-20-21-22-23(15)16/h1-8,15H,9H2. The van der Waals surface area contributed by atoms with E-state index in [1.54, 1.807) is 22.9 Å². The van der Waals surface area contributed by atoms with Crippen molar-refractivity contribution in [1.82, 2.24) is 20.2 Å². The minimum Gasteiger partial charge on any atom is -0.214 e. The smallest absolute Gasteiger partial charge is 0.214 e. The largest absolute Gasteiger partial charge is 0.269 e. The van der Waals surface area contributed by atoms with E-state index in [0.29, 0.717) is 23.6 Å². The van der Waals surface area contributed by atoms with Crippen LogP contribution in [0.3, 0.4) is 0 Å². The lowest BCUT2D eigenvalue weighted by Gasteiger charge is -2.23. The molecule has 5 nitrogen and oxygen atoms in total. The van der Waals surface area contributed by atoms with Crippen molar-refractivity contribution >= 4 is 27.6 Å². The molecular weight excluding hydrogens is 361 g/mol. The van der Waals surface area contributed by atoms with Gasteiger partial charge in [-0.25, -0.2) is 14.1 Å². The summed E-state index contributed by atoms with van der Waals surface area (Å²) in [5.41, 5.74) is 2.19. The van der Waals surface area contributed by atoms with Crippen molar-refractivity contribution in [2.75, 3.05) is 0 Å². The van der Waals surface area contributed by atoms with E-state index in [2.05, 4.69) is 36.4 Å². The molecule has 1 unspecified atom stereocenters. The molecule has 1 atom stereocenters. The van der Waals surface area contributed by atoms with Gasteiger partial charge in [-0.2, -0.15) is 0 Å². The van der Waals surface area contributed by atoms with Crippen LogP contribution in [0.5, 0.6) is 0 Å². The van der Waals surface area contributed by atoms with Crippen molar-refractivity contribution < 1.29 is 4.39 Å². The lowest BCUT2D eigenvalue weighted by atomic mass is 9.96. The van der Waals surface area contributed by atoms with Gasteiger partial charge in [-0.1, -0.05) is 51.4 Å². The number of aliphatic imine (C=N–C) groups is 1. The van der Waals surface area contributed by atoms with Crippen molar-refractivity contribution in [3.8, 4) is 0 Å². The van der Waals surface area contributed by atoms with Crippen molar-refractivity contribution in [2.24, 2.45) is 4.99 Å². The summed E-state index contributed by atoms with van der Waals surface area (Å²) in [6, 6.07) is 14.5. The maximum atomic E-state index is 14.1.